The Morgan fingerprint density at radius 2 is 1.57 bits per heavy atom. The minimum absolute atomic E-state index is 0.661. The maximum Gasteiger partial charge on any atom is 0.227 e. The van der Waals surface area contributed by atoms with Gasteiger partial charge in [0.05, 0.1) is 11.2 Å². The van der Waals surface area contributed by atoms with Gasteiger partial charge in [0.15, 0.2) is 0 Å². The van der Waals surface area contributed by atoms with Crippen LogP contribution in [0.1, 0.15) is 5.69 Å². The molecule has 0 fully saturated rings. The summed E-state index contributed by atoms with van der Waals surface area (Å²) in [6.45, 7) is 1.97. The lowest BCUT2D eigenvalue weighted by atomic mass is 9.99. The molecule has 6 rings (SSSR count). The van der Waals surface area contributed by atoms with Crippen molar-refractivity contribution in [3.05, 3.63) is 90.9 Å². The predicted molar refractivity (Wildman–Crippen MR) is 120 cm³/mol. The van der Waals surface area contributed by atoms with E-state index in [1.807, 2.05) is 61.8 Å². The van der Waals surface area contributed by atoms with Crippen molar-refractivity contribution in [3.63, 3.8) is 0 Å². The highest BCUT2D eigenvalue weighted by molar-refractivity contribution is 6.08. The molecule has 30 heavy (non-hydrogen) atoms. The quantitative estimate of drug-likeness (QED) is 0.337. The molecule has 0 aliphatic heterocycles. The Morgan fingerprint density at radius 1 is 0.700 bits per heavy atom. The van der Waals surface area contributed by atoms with Crippen molar-refractivity contribution in [1.82, 2.24) is 15.0 Å². The molecule has 0 aliphatic rings. The van der Waals surface area contributed by atoms with E-state index in [0.717, 1.165) is 55.3 Å². The monoisotopic (exact) mass is 387 g/mol. The van der Waals surface area contributed by atoms with Crippen molar-refractivity contribution in [2.24, 2.45) is 0 Å². The van der Waals surface area contributed by atoms with Gasteiger partial charge in [-0.15, -0.1) is 0 Å². The SMILES string of the molecule is Cc1ccc2c(n1)oc1c(-c3cc(-c4cccc5ncccc45)ccn3)cccc12. The molecule has 142 valence electrons. The molecule has 0 amide bonds. The lowest BCUT2D eigenvalue weighted by molar-refractivity contribution is 0.653. The number of benzene rings is 2. The number of aryl methyl sites for hydroxylation is 1. The Hall–Kier alpha value is -4.05. The van der Waals surface area contributed by atoms with Crippen LogP contribution < -0.4 is 0 Å². The van der Waals surface area contributed by atoms with Gasteiger partial charge in [-0.1, -0.05) is 30.3 Å². The molecular formula is C26H17N3O. The van der Waals surface area contributed by atoms with Crippen LogP contribution in [0, 0.1) is 6.92 Å². The standard InChI is InChI=1S/C26H17N3O/c1-16-10-11-21-20-6-2-7-22(25(20)30-26(21)29-16)24-15-17(12-14-28-24)18-5-3-9-23-19(18)8-4-13-27-23/h2-15H,1H3. The van der Waals surface area contributed by atoms with Crippen LogP contribution in [0.2, 0.25) is 0 Å². The number of pyridine rings is 3. The van der Waals surface area contributed by atoms with E-state index in [4.69, 9.17) is 4.42 Å². The Bertz CT molecular complexity index is 1560. The maximum atomic E-state index is 6.17. The van der Waals surface area contributed by atoms with E-state index in [1.54, 1.807) is 0 Å². The van der Waals surface area contributed by atoms with Gasteiger partial charge >= 0.3 is 0 Å². The van der Waals surface area contributed by atoms with Gasteiger partial charge in [-0.3, -0.25) is 9.97 Å². The van der Waals surface area contributed by atoms with Gasteiger partial charge in [-0.2, -0.15) is 0 Å². The average Bonchev–Trinajstić information content (AvgIpc) is 3.16. The third-order valence-corrected chi connectivity index (χ3v) is 5.50. The van der Waals surface area contributed by atoms with E-state index >= 15 is 0 Å². The number of aromatic nitrogens is 3. The van der Waals surface area contributed by atoms with E-state index < -0.39 is 0 Å². The highest BCUT2D eigenvalue weighted by atomic mass is 16.3. The molecule has 4 aromatic heterocycles. The number of furan rings is 1. The summed E-state index contributed by atoms with van der Waals surface area (Å²) < 4.78 is 6.17. The number of nitrogens with zero attached hydrogens (tertiary/aromatic N) is 3. The molecule has 4 heteroatoms. The van der Waals surface area contributed by atoms with Crippen LogP contribution in [0.15, 0.2) is 89.6 Å². The summed E-state index contributed by atoms with van der Waals surface area (Å²) in [5.41, 5.74) is 7.46. The summed E-state index contributed by atoms with van der Waals surface area (Å²) in [6, 6.07) is 24.7. The van der Waals surface area contributed by atoms with Crippen LogP contribution in [-0.2, 0) is 0 Å². The first-order valence-electron chi connectivity index (χ1n) is 9.87. The molecule has 0 N–H and O–H groups in total. The molecule has 0 bridgehead atoms. The molecule has 0 radical (unpaired) electrons. The molecule has 4 nitrogen and oxygen atoms in total. The number of para-hydroxylation sites is 1. The topological polar surface area (TPSA) is 51.8 Å². The van der Waals surface area contributed by atoms with Crippen LogP contribution in [-0.4, -0.2) is 15.0 Å². The van der Waals surface area contributed by atoms with Crippen LogP contribution in [0.3, 0.4) is 0 Å². The van der Waals surface area contributed by atoms with Crippen LogP contribution in [0.25, 0.3) is 55.4 Å². The Labute approximate surface area is 172 Å². The fourth-order valence-corrected chi connectivity index (χ4v) is 4.07. The molecule has 2 aromatic carbocycles. The molecule has 0 unspecified atom stereocenters. The van der Waals surface area contributed by atoms with Gasteiger partial charge in [-0.05, 0) is 60.5 Å². The van der Waals surface area contributed by atoms with Crippen molar-refractivity contribution in [2.45, 2.75) is 6.92 Å². The van der Waals surface area contributed by atoms with Crippen molar-refractivity contribution < 1.29 is 4.42 Å². The lowest BCUT2D eigenvalue weighted by Gasteiger charge is -2.08. The lowest BCUT2D eigenvalue weighted by Crippen LogP contribution is -1.88. The van der Waals surface area contributed by atoms with Gasteiger partial charge in [0.25, 0.3) is 0 Å². The first kappa shape index (κ1) is 16.9. The second-order valence-electron chi connectivity index (χ2n) is 7.40. The normalized spacial score (nSPS) is 11.5. The second-order valence-corrected chi connectivity index (χ2v) is 7.40. The summed E-state index contributed by atoms with van der Waals surface area (Å²) in [6.07, 6.45) is 3.67. The number of rotatable bonds is 2. The summed E-state index contributed by atoms with van der Waals surface area (Å²) in [4.78, 5) is 13.7. The number of fused-ring (bicyclic) bond motifs is 4. The third kappa shape index (κ3) is 2.58. The Morgan fingerprint density at radius 3 is 2.53 bits per heavy atom. The van der Waals surface area contributed by atoms with Crippen molar-refractivity contribution in [3.8, 4) is 22.4 Å². The summed E-state index contributed by atoms with van der Waals surface area (Å²) >= 11 is 0. The van der Waals surface area contributed by atoms with Crippen molar-refractivity contribution in [2.75, 3.05) is 0 Å². The van der Waals surface area contributed by atoms with E-state index in [9.17, 15) is 0 Å². The number of hydrogen-bond acceptors (Lipinski definition) is 4. The fourth-order valence-electron chi connectivity index (χ4n) is 4.07. The van der Waals surface area contributed by atoms with E-state index in [-0.39, 0.29) is 0 Å². The van der Waals surface area contributed by atoms with Gasteiger partial charge in [0.1, 0.15) is 5.58 Å². The summed E-state index contributed by atoms with van der Waals surface area (Å²) in [5.74, 6) is 0. The molecule has 0 saturated carbocycles. The number of hydrogen-bond donors (Lipinski definition) is 0. The zero-order valence-corrected chi connectivity index (χ0v) is 16.3. The zero-order chi connectivity index (χ0) is 20.1. The van der Waals surface area contributed by atoms with Crippen molar-refractivity contribution >= 4 is 33.0 Å². The molecule has 0 atom stereocenters. The Balaban J connectivity index is 1.57. The van der Waals surface area contributed by atoms with Crippen LogP contribution >= 0.6 is 0 Å². The van der Waals surface area contributed by atoms with E-state index in [1.165, 1.54) is 0 Å². The van der Waals surface area contributed by atoms with Crippen LogP contribution in [0.5, 0.6) is 0 Å². The van der Waals surface area contributed by atoms with E-state index in [0.29, 0.717) is 5.71 Å². The largest absolute Gasteiger partial charge is 0.437 e. The van der Waals surface area contributed by atoms with Gasteiger partial charge < -0.3 is 4.42 Å². The summed E-state index contributed by atoms with van der Waals surface area (Å²) in [7, 11) is 0. The van der Waals surface area contributed by atoms with Gasteiger partial charge in [0.2, 0.25) is 5.71 Å². The second kappa shape index (κ2) is 6.49. The molecule has 0 spiro atoms. The Kier molecular flexibility index (Phi) is 3.65. The maximum absolute atomic E-state index is 6.17. The highest BCUT2D eigenvalue weighted by Crippen LogP contribution is 2.36. The predicted octanol–water partition coefficient (Wildman–Crippen LogP) is 6.57. The molecule has 0 saturated heterocycles. The third-order valence-electron chi connectivity index (χ3n) is 5.50. The van der Waals surface area contributed by atoms with Gasteiger partial charge in [-0.25, -0.2) is 4.98 Å². The molecular weight excluding hydrogens is 370 g/mol. The first-order chi connectivity index (χ1) is 14.8. The molecule has 0 aliphatic carbocycles. The minimum atomic E-state index is 0.661. The molecule has 6 aromatic rings. The van der Waals surface area contributed by atoms with Gasteiger partial charge in [0, 0.05) is 39.8 Å². The molecule has 4 heterocycles. The average molecular weight is 387 g/mol. The van der Waals surface area contributed by atoms with Crippen molar-refractivity contribution in [1.29, 1.82) is 0 Å². The zero-order valence-electron chi connectivity index (χ0n) is 16.3. The smallest absolute Gasteiger partial charge is 0.227 e. The minimum Gasteiger partial charge on any atom is -0.437 e. The summed E-state index contributed by atoms with van der Waals surface area (Å²) in [5, 5.41) is 3.20. The first-order valence-corrected chi connectivity index (χ1v) is 9.87. The van der Waals surface area contributed by atoms with Crippen LogP contribution in [0.4, 0.5) is 0 Å². The fraction of sp³-hybridized carbons (Fsp3) is 0.0385. The highest BCUT2D eigenvalue weighted by Gasteiger charge is 2.14. The van der Waals surface area contributed by atoms with E-state index in [2.05, 4.69) is 45.3 Å².